The van der Waals surface area contributed by atoms with Gasteiger partial charge in [-0.1, -0.05) is 11.6 Å². The molecular formula is C12H11N2O2+. The average Bonchev–Trinajstić information content (AvgIpc) is 2.23. The molecule has 0 aliphatic carbocycles. The fourth-order valence-electron chi connectivity index (χ4n) is 1.66. The first-order valence-electron chi connectivity index (χ1n) is 4.92. The van der Waals surface area contributed by atoms with Crippen molar-refractivity contribution in [3.05, 3.63) is 29.3 Å². The van der Waals surface area contributed by atoms with Gasteiger partial charge < -0.3 is 0 Å². The van der Waals surface area contributed by atoms with Crippen LogP contribution in [-0.2, 0) is 9.59 Å². The van der Waals surface area contributed by atoms with E-state index in [1.165, 1.54) is 17.0 Å². The Kier molecular flexibility index (Phi) is 2.48. The van der Waals surface area contributed by atoms with Gasteiger partial charge in [0.05, 0.1) is 6.21 Å². The summed E-state index contributed by atoms with van der Waals surface area (Å²) in [5.74, 6) is -1.35. The van der Waals surface area contributed by atoms with Crippen LogP contribution >= 0.6 is 0 Å². The smallest absolute Gasteiger partial charge is 0.255 e. The van der Waals surface area contributed by atoms with Crippen molar-refractivity contribution < 1.29 is 14.2 Å². The number of carbonyl (C=O) groups excluding carboxylic acids is 2. The highest BCUT2D eigenvalue weighted by atomic mass is 16.2. The van der Waals surface area contributed by atoms with Crippen molar-refractivity contribution in [2.75, 3.05) is 0 Å². The van der Waals surface area contributed by atoms with E-state index in [1.54, 1.807) is 0 Å². The third-order valence-electron chi connectivity index (χ3n) is 2.42. The fourth-order valence-corrected chi connectivity index (χ4v) is 1.66. The molecule has 16 heavy (non-hydrogen) atoms. The van der Waals surface area contributed by atoms with E-state index in [4.69, 9.17) is 0 Å². The fraction of sp³-hybridized carbons (Fsp3) is 0.167. The van der Waals surface area contributed by atoms with Gasteiger partial charge in [0.15, 0.2) is 6.21 Å². The van der Waals surface area contributed by atoms with Gasteiger partial charge in [-0.25, -0.2) is 9.79 Å². The van der Waals surface area contributed by atoms with Crippen molar-refractivity contribution in [1.82, 2.24) is 0 Å². The molecule has 0 radical (unpaired) electrons. The maximum Gasteiger partial charge on any atom is 0.485 e. The number of nitrogens with zero attached hydrogens (tertiary/aromatic N) is 2. The maximum atomic E-state index is 11.6. The summed E-state index contributed by atoms with van der Waals surface area (Å²) in [5.41, 5.74) is 2.79. The molecule has 1 heterocycles. The van der Waals surface area contributed by atoms with Gasteiger partial charge in [0, 0.05) is 11.6 Å². The molecule has 0 aromatic heterocycles. The first kappa shape index (κ1) is 10.4. The number of carbonyl (C=O) groups is 2. The summed E-state index contributed by atoms with van der Waals surface area (Å²) in [6, 6.07) is 5.69. The first-order valence-corrected chi connectivity index (χ1v) is 4.92. The number of aryl methyl sites for hydroxylation is 2. The topological polar surface area (TPSA) is 49.5 Å². The lowest BCUT2D eigenvalue weighted by Gasteiger charge is -2.04. The van der Waals surface area contributed by atoms with Crippen molar-refractivity contribution in [3.63, 3.8) is 0 Å². The summed E-state index contributed by atoms with van der Waals surface area (Å²) in [4.78, 5) is 26.2. The van der Waals surface area contributed by atoms with Crippen LogP contribution in [0.25, 0.3) is 0 Å². The molecule has 0 saturated carbocycles. The lowest BCUT2D eigenvalue weighted by Crippen LogP contribution is -2.29. The van der Waals surface area contributed by atoms with Gasteiger partial charge in [-0.15, -0.1) is 4.58 Å². The molecule has 80 valence electrons. The number of hydrogen-bond acceptors (Lipinski definition) is 2. The molecule has 4 nitrogen and oxygen atoms in total. The number of hydrogen-bond donors (Lipinski definition) is 0. The van der Waals surface area contributed by atoms with E-state index >= 15 is 0 Å². The van der Waals surface area contributed by atoms with E-state index in [0.29, 0.717) is 0 Å². The van der Waals surface area contributed by atoms with E-state index < -0.39 is 11.8 Å². The molecule has 1 aliphatic heterocycles. The normalized spacial score (nSPS) is 15.2. The molecular weight excluding hydrogens is 204 g/mol. The Balaban J connectivity index is 2.53. The molecule has 4 heteroatoms. The second kappa shape index (κ2) is 3.81. The van der Waals surface area contributed by atoms with Crippen molar-refractivity contribution in [2.24, 2.45) is 4.99 Å². The largest absolute Gasteiger partial charge is 0.485 e. The Hall–Kier alpha value is -2.10. The van der Waals surface area contributed by atoms with Gasteiger partial charge in [-0.3, -0.25) is 4.79 Å². The highest BCUT2D eigenvalue weighted by Gasteiger charge is 2.31. The van der Waals surface area contributed by atoms with E-state index in [-0.39, 0.29) is 0 Å². The molecule has 1 aromatic carbocycles. The van der Waals surface area contributed by atoms with Crippen molar-refractivity contribution in [3.8, 4) is 0 Å². The van der Waals surface area contributed by atoms with E-state index in [1.807, 2.05) is 32.0 Å². The lowest BCUT2D eigenvalue weighted by atomic mass is 10.1. The van der Waals surface area contributed by atoms with Gasteiger partial charge in [0.25, 0.3) is 0 Å². The minimum absolute atomic E-state index is 0.616. The standard InChI is InChI=1S/C12H11N2O2/c1-8-3-4-10(9(2)7-8)14-6-5-13-11(15)12(14)16/h3-7H,1-2H3/q+1. The lowest BCUT2D eigenvalue weighted by molar-refractivity contribution is -0.356. The van der Waals surface area contributed by atoms with Gasteiger partial charge >= 0.3 is 11.8 Å². The molecule has 0 saturated heterocycles. The number of aliphatic imine (C=N–C) groups is 1. The first-order chi connectivity index (χ1) is 7.59. The molecule has 2 amide bonds. The number of amides is 2. The molecule has 0 spiro atoms. The summed E-state index contributed by atoms with van der Waals surface area (Å²) in [5, 5.41) is 0. The maximum absolute atomic E-state index is 11.6. The van der Waals surface area contributed by atoms with E-state index in [2.05, 4.69) is 4.99 Å². The SMILES string of the molecule is Cc1ccc([N+]2=CC=NC(=O)C2=O)c(C)c1. The minimum Gasteiger partial charge on any atom is -0.255 e. The Bertz CT molecular complexity index is 542. The molecule has 0 unspecified atom stereocenters. The predicted octanol–water partition coefficient (Wildman–Crippen LogP) is 1.16. The third-order valence-corrected chi connectivity index (χ3v) is 2.42. The zero-order valence-corrected chi connectivity index (χ0v) is 9.10. The third kappa shape index (κ3) is 1.69. The van der Waals surface area contributed by atoms with Crippen LogP contribution in [0, 0.1) is 13.8 Å². The molecule has 0 N–H and O–H groups in total. The summed E-state index contributed by atoms with van der Waals surface area (Å²) < 4.78 is 1.32. The van der Waals surface area contributed by atoms with Crippen LogP contribution in [0.2, 0.25) is 0 Å². The zero-order chi connectivity index (χ0) is 11.7. The second-order valence-electron chi connectivity index (χ2n) is 3.70. The highest BCUT2D eigenvalue weighted by molar-refractivity contribution is 6.39. The quantitative estimate of drug-likeness (QED) is 0.521. The van der Waals surface area contributed by atoms with Crippen LogP contribution in [-0.4, -0.2) is 28.8 Å². The Morgan fingerprint density at radius 3 is 2.62 bits per heavy atom. The molecule has 2 rings (SSSR count). The van der Waals surface area contributed by atoms with Crippen molar-refractivity contribution in [2.45, 2.75) is 13.8 Å². The van der Waals surface area contributed by atoms with Crippen LogP contribution in [0.3, 0.4) is 0 Å². The highest BCUT2D eigenvalue weighted by Crippen LogP contribution is 2.19. The molecule has 0 fully saturated rings. The Morgan fingerprint density at radius 1 is 1.19 bits per heavy atom. The Labute approximate surface area is 92.9 Å². The zero-order valence-electron chi connectivity index (χ0n) is 9.10. The van der Waals surface area contributed by atoms with Crippen LogP contribution in [0.15, 0.2) is 23.2 Å². The summed E-state index contributed by atoms with van der Waals surface area (Å²) in [6.07, 6.45) is 2.84. The minimum atomic E-state index is -0.734. The molecule has 1 aliphatic rings. The summed E-state index contributed by atoms with van der Waals surface area (Å²) >= 11 is 0. The van der Waals surface area contributed by atoms with Gasteiger partial charge in [0.1, 0.15) is 0 Å². The predicted molar refractivity (Wildman–Crippen MR) is 60.4 cm³/mol. The van der Waals surface area contributed by atoms with E-state index in [9.17, 15) is 9.59 Å². The van der Waals surface area contributed by atoms with E-state index in [0.717, 1.165) is 16.8 Å². The van der Waals surface area contributed by atoms with Crippen LogP contribution in [0.1, 0.15) is 11.1 Å². The van der Waals surface area contributed by atoms with Gasteiger partial charge in [-0.05, 0) is 19.9 Å². The average molecular weight is 215 g/mol. The molecule has 1 aromatic rings. The monoisotopic (exact) mass is 215 g/mol. The number of benzene rings is 1. The number of rotatable bonds is 1. The molecule has 0 bridgehead atoms. The second-order valence-corrected chi connectivity index (χ2v) is 3.70. The van der Waals surface area contributed by atoms with Crippen LogP contribution < -0.4 is 0 Å². The van der Waals surface area contributed by atoms with Crippen LogP contribution in [0.4, 0.5) is 5.69 Å². The van der Waals surface area contributed by atoms with Crippen molar-refractivity contribution >= 4 is 29.9 Å². The summed E-state index contributed by atoms with van der Waals surface area (Å²) in [6.45, 7) is 3.88. The van der Waals surface area contributed by atoms with Gasteiger partial charge in [0.2, 0.25) is 5.69 Å². The van der Waals surface area contributed by atoms with Crippen molar-refractivity contribution in [1.29, 1.82) is 0 Å². The van der Waals surface area contributed by atoms with Crippen LogP contribution in [0.5, 0.6) is 0 Å². The summed E-state index contributed by atoms with van der Waals surface area (Å²) in [7, 11) is 0. The molecule has 0 atom stereocenters. The van der Waals surface area contributed by atoms with Gasteiger partial charge in [-0.2, -0.15) is 0 Å². The Morgan fingerprint density at radius 2 is 1.94 bits per heavy atom.